The van der Waals surface area contributed by atoms with Gasteiger partial charge < -0.3 is 16.4 Å². The van der Waals surface area contributed by atoms with E-state index >= 15 is 0 Å². The van der Waals surface area contributed by atoms with Gasteiger partial charge in [0.2, 0.25) is 11.8 Å². The minimum Gasteiger partial charge on any atom is -0.398 e. The maximum Gasteiger partial charge on any atom is 0.242 e. The van der Waals surface area contributed by atoms with Crippen LogP contribution in [-0.4, -0.2) is 23.4 Å². The van der Waals surface area contributed by atoms with E-state index in [1.807, 2.05) is 32.9 Å². The molecule has 110 valence electrons. The zero-order valence-corrected chi connectivity index (χ0v) is 12.5. The average molecular weight is 277 g/mol. The Labute approximate surface area is 119 Å². The van der Waals surface area contributed by atoms with Gasteiger partial charge in [-0.25, -0.2) is 0 Å². The number of nitrogens with two attached hydrogens (primary N) is 1. The monoisotopic (exact) mass is 277 g/mol. The summed E-state index contributed by atoms with van der Waals surface area (Å²) in [6.45, 7) is 7.34. The van der Waals surface area contributed by atoms with Crippen LogP contribution in [0.2, 0.25) is 0 Å². The average Bonchev–Trinajstić information content (AvgIpc) is 2.29. The second-order valence-electron chi connectivity index (χ2n) is 5.90. The number of nitrogen functional groups attached to an aromatic ring is 1. The van der Waals surface area contributed by atoms with Crippen LogP contribution in [0, 0.1) is 0 Å². The molecular formula is C15H23N3O2. The molecule has 1 rings (SSSR count). The largest absolute Gasteiger partial charge is 0.398 e. The molecular weight excluding hydrogens is 254 g/mol. The lowest BCUT2D eigenvalue weighted by Crippen LogP contribution is -2.51. The molecule has 1 atom stereocenters. The van der Waals surface area contributed by atoms with Crippen LogP contribution in [0.15, 0.2) is 24.3 Å². The molecule has 0 spiro atoms. The first-order valence-corrected chi connectivity index (χ1v) is 6.64. The van der Waals surface area contributed by atoms with E-state index in [1.54, 1.807) is 19.1 Å². The van der Waals surface area contributed by atoms with Gasteiger partial charge in [-0.15, -0.1) is 0 Å². The fourth-order valence-electron chi connectivity index (χ4n) is 1.70. The van der Waals surface area contributed by atoms with Gasteiger partial charge in [0.15, 0.2) is 0 Å². The Morgan fingerprint density at radius 3 is 2.40 bits per heavy atom. The predicted molar refractivity (Wildman–Crippen MR) is 80.1 cm³/mol. The zero-order chi connectivity index (χ0) is 15.3. The van der Waals surface area contributed by atoms with Crippen LogP contribution < -0.4 is 16.4 Å². The topological polar surface area (TPSA) is 84.2 Å². The van der Waals surface area contributed by atoms with Crippen molar-refractivity contribution in [3.8, 4) is 0 Å². The predicted octanol–water partition coefficient (Wildman–Crippen LogP) is 1.23. The molecule has 0 saturated carbocycles. The molecule has 0 aliphatic heterocycles. The summed E-state index contributed by atoms with van der Waals surface area (Å²) in [7, 11) is 0. The normalized spacial score (nSPS) is 12.6. The molecule has 5 heteroatoms. The van der Waals surface area contributed by atoms with Gasteiger partial charge in [-0.3, -0.25) is 9.59 Å². The standard InChI is InChI=1S/C15H23N3O2/c1-10(14(20)18-15(2,3)4)17-13(19)9-11-7-5-6-8-12(11)16/h5-8,10H,9,16H2,1-4H3,(H,17,19)(H,18,20). The summed E-state index contributed by atoms with van der Waals surface area (Å²) < 4.78 is 0. The van der Waals surface area contributed by atoms with E-state index in [-0.39, 0.29) is 23.8 Å². The molecule has 0 saturated heterocycles. The summed E-state index contributed by atoms with van der Waals surface area (Å²) in [5.74, 6) is -0.425. The SMILES string of the molecule is CC(NC(=O)Cc1ccccc1N)C(=O)NC(C)(C)C. The number of carbonyl (C=O) groups excluding carboxylic acids is 2. The van der Waals surface area contributed by atoms with E-state index in [0.717, 1.165) is 5.56 Å². The van der Waals surface area contributed by atoms with Crippen molar-refractivity contribution >= 4 is 17.5 Å². The van der Waals surface area contributed by atoms with E-state index in [2.05, 4.69) is 10.6 Å². The molecule has 4 N–H and O–H groups in total. The van der Waals surface area contributed by atoms with Crippen LogP contribution >= 0.6 is 0 Å². The van der Waals surface area contributed by atoms with Gasteiger partial charge in [-0.05, 0) is 39.3 Å². The Kier molecular flexibility index (Phi) is 5.13. The number of para-hydroxylation sites is 1. The van der Waals surface area contributed by atoms with E-state index < -0.39 is 6.04 Å². The summed E-state index contributed by atoms with van der Waals surface area (Å²) in [4.78, 5) is 23.8. The van der Waals surface area contributed by atoms with Gasteiger partial charge in [-0.2, -0.15) is 0 Å². The highest BCUT2D eigenvalue weighted by Gasteiger charge is 2.20. The summed E-state index contributed by atoms with van der Waals surface area (Å²) in [6.07, 6.45) is 0.166. The van der Waals surface area contributed by atoms with Gasteiger partial charge in [0.1, 0.15) is 6.04 Å². The molecule has 0 aliphatic carbocycles. The van der Waals surface area contributed by atoms with Crippen LogP contribution in [0.25, 0.3) is 0 Å². The molecule has 1 unspecified atom stereocenters. The zero-order valence-electron chi connectivity index (χ0n) is 12.5. The highest BCUT2D eigenvalue weighted by molar-refractivity contribution is 5.88. The number of amides is 2. The molecule has 0 bridgehead atoms. The summed E-state index contributed by atoms with van der Waals surface area (Å²) in [6, 6.07) is 6.62. The fourth-order valence-corrected chi connectivity index (χ4v) is 1.70. The molecule has 0 aromatic heterocycles. The molecule has 1 aromatic carbocycles. The Morgan fingerprint density at radius 1 is 1.25 bits per heavy atom. The van der Waals surface area contributed by atoms with Crippen molar-refractivity contribution in [1.29, 1.82) is 0 Å². The van der Waals surface area contributed by atoms with Crippen LogP contribution in [0.5, 0.6) is 0 Å². The van der Waals surface area contributed by atoms with E-state index in [9.17, 15) is 9.59 Å². The quantitative estimate of drug-likeness (QED) is 0.724. The van der Waals surface area contributed by atoms with Crippen molar-refractivity contribution < 1.29 is 9.59 Å². The van der Waals surface area contributed by atoms with Crippen LogP contribution in [0.3, 0.4) is 0 Å². The van der Waals surface area contributed by atoms with Crippen molar-refractivity contribution in [3.05, 3.63) is 29.8 Å². The Morgan fingerprint density at radius 2 is 1.85 bits per heavy atom. The Balaban J connectivity index is 2.54. The highest BCUT2D eigenvalue weighted by Crippen LogP contribution is 2.11. The van der Waals surface area contributed by atoms with Crippen molar-refractivity contribution in [2.24, 2.45) is 0 Å². The third-order valence-corrected chi connectivity index (χ3v) is 2.68. The maximum absolute atomic E-state index is 11.9. The second kappa shape index (κ2) is 6.41. The van der Waals surface area contributed by atoms with Gasteiger partial charge >= 0.3 is 0 Å². The van der Waals surface area contributed by atoms with Crippen LogP contribution in [0.1, 0.15) is 33.3 Å². The Hall–Kier alpha value is -2.04. The van der Waals surface area contributed by atoms with Gasteiger partial charge in [0, 0.05) is 11.2 Å². The van der Waals surface area contributed by atoms with E-state index in [1.165, 1.54) is 0 Å². The number of hydrogen-bond acceptors (Lipinski definition) is 3. The minimum atomic E-state index is -0.577. The number of anilines is 1. The summed E-state index contributed by atoms with van der Waals surface area (Å²) >= 11 is 0. The van der Waals surface area contributed by atoms with Crippen molar-refractivity contribution in [3.63, 3.8) is 0 Å². The summed E-state index contributed by atoms with van der Waals surface area (Å²) in [5.41, 5.74) is 6.80. The lowest BCUT2D eigenvalue weighted by Gasteiger charge is -2.23. The molecule has 0 fully saturated rings. The minimum absolute atomic E-state index is 0.166. The first-order chi connectivity index (χ1) is 9.19. The number of nitrogens with one attached hydrogen (secondary N) is 2. The fraction of sp³-hybridized carbons (Fsp3) is 0.467. The summed E-state index contributed by atoms with van der Waals surface area (Å²) in [5, 5.41) is 5.49. The first-order valence-electron chi connectivity index (χ1n) is 6.64. The molecule has 5 nitrogen and oxygen atoms in total. The van der Waals surface area contributed by atoms with E-state index in [4.69, 9.17) is 5.73 Å². The van der Waals surface area contributed by atoms with Crippen LogP contribution in [-0.2, 0) is 16.0 Å². The maximum atomic E-state index is 11.9. The molecule has 0 aliphatic rings. The third kappa shape index (κ3) is 5.30. The molecule has 0 radical (unpaired) electrons. The third-order valence-electron chi connectivity index (χ3n) is 2.68. The number of benzene rings is 1. The lowest BCUT2D eigenvalue weighted by atomic mass is 10.1. The van der Waals surface area contributed by atoms with Crippen molar-refractivity contribution in [2.75, 3.05) is 5.73 Å². The molecule has 0 heterocycles. The number of carbonyl (C=O) groups is 2. The first kappa shape index (κ1) is 16.0. The van der Waals surface area contributed by atoms with Gasteiger partial charge in [-0.1, -0.05) is 18.2 Å². The van der Waals surface area contributed by atoms with Gasteiger partial charge in [0.25, 0.3) is 0 Å². The van der Waals surface area contributed by atoms with Crippen molar-refractivity contribution in [2.45, 2.75) is 45.7 Å². The van der Waals surface area contributed by atoms with Crippen LogP contribution in [0.4, 0.5) is 5.69 Å². The van der Waals surface area contributed by atoms with E-state index in [0.29, 0.717) is 5.69 Å². The molecule has 1 aromatic rings. The Bertz CT molecular complexity index is 492. The molecule has 20 heavy (non-hydrogen) atoms. The lowest BCUT2D eigenvalue weighted by molar-refractivity contribution is -0.129. The molecule has 2 amide bonds. The van der Waals surface area contributed by atoms with Crippen molar-refractivity contribution in [1.82, 2.24) is 10.6 Å². The number of rotatable bonds is 4. The second-order valence-corrected chi connectivity index (χ2v) is 5.90. The van der Waals surface area contributed by atoms with Gasteiger partial charge in [0.05, 0.1) is 6.42 Å². The highest BCUT2D eigenvalue weighted by atomic mass is 16.2. The number of hydrogen-bond donors (Lipinski definition) is 3. The smallest absolute Gasteiger partial charge is 0.242 e.